The fourth-order valence-corrected chi connectivity index (χ4v) is 5.56. The van der Waals surface area contributed by atoms with E-state index in [1.54, 1.807) is 49.4 Å². The minimum Gasteiger partial charge on any atom is -0.354 e. The van der Waals surface area contributed by atoms with Crippen LogP contribution in [0.4, 0.5) is 5.69 Å². The SMILES string of the molecule is CCCCNC(=O)[C@@H](C)N(Cc1ccc(C)cc1)C(=O)CN(c1ccc(Br)cc1)S(=O)(=O)c1ccccc1. The molecule has 0 bridgehead atoms. The normalized spacial score (nSPS) is 12.0. The average Bonchev–Trinajstić information content (AvgIpc) is 2.92. The van der Waals surface area contributed by atoms with Crippen LogP contribution >= 0.6 is 15.9 Å². The molecule has 0 spiro atoms. The molecule has 0 saturated carbocycles. The molecule has 0 aliphatic rings. The lowest BCUT2D eigenvalue weighted by Gasteiger charge is -2.32. The fraction of sp³-hybridized carbons (Fsp3) is 0.310. The highest BCUT2D eigenvalue weighted by atomic mass is 79.9. The third-order valence-corrected chi connectivity index (χ3v) is 8.51. The predicted molar refractivity (Wildman–Crippen MR) is 154 cm³/mol. The number of anilines is 1. The topological polar surface area (TPSA) is 86.8 Å². The maximum absolute atomic E-state index is 13.8. The first-order valence-corrected chi connectivity index (χ1v) is 14.8. The van der Waals surface area contributed by atoms with Crippen LogP contribution in [0.15, 0.2) is 88.2 Å². The molecule has 2 amide bonds. The lowest BCUT2D eigenvalue weighted by Crippen LogP contribution is -2.51. The van der Waals surface area contributed by atoms with Gasteiger partial charge in [-0.3, -0.25) is 13.9 Å². The van der Waals surface area contributed by atoms with E-state index >= 15 is 0 Å². The largest absolute Gasteiger partial charge is 0.354 e. The molecule has 0 radical (unpaired) electrons. The fourth-order valence-electron chi connectivity index (χ4n) is 3.86. The molecular formula is C29H34BrN3O4S. The molecule has 38 heavy (non-hydrogen) atoms. The third kappa shape index (κ3) is 7.68. The van der Waals surface area contributed by atoms with Gasteiger partial charge in [0.05, 0.1) is 10.6 Å². The number of unbranched alkanes of at least 4 members (excludes halogenated alkanes) is 1. The van der Waals surface area contributed by atoms with Crippen LogP contribution in [0.3, 0.4) is 0 Å². The van der Waals surface area contributed by atoms with Crippen LogP contribution in [0.1, 0.15) is 37.8 Å². The Hall–Kier alpha value is -3.17. The highest BCUT2D eigenvalue weighted by Crippen LogP contribution is 2.26. The first-order chi connectivity index (χ1) is 18.1. The average molecular weight is 601 g/mol. The molecule has 9 heteroatoms. The van der Waals surface area contributed by atoms with Gasteiger partial charge in [-0.15, -0.1) is 0 Å². The van der Waals surface area contributed by atoms with Crippen LogP contribution in [-0.4, -0.2) is 44.3 Å². The number of rotatable bonds is 12. The van der Waals surface area contributed by atoms with Crippen LogP contribution in [0.25, 0.3) is 0 Å². The monoisotopic (exact) mass is 599 g/mol. The van der Waals surface area contributed by atoms with Gasteiger partial charge >= 0.3 is 0 Å². The van der Waals surface area contributed by atoms with Crippen LogP contribution in [-0.2, 0) is 26.2 Å². The van der Waals surface area contributed by atoms with Crippen molar-refractivity contribution >= 4 is 43.5 Å². The van der Waals surface area contributed by atoms with Gasteiger partial charge in [-0.1, -0.05) is 77.3 Å². The standard InChI is InChI=1S/C29H34BrN3O4S/c1-4-5-19-31-29(35)23(3)32(20-24-13-11-22(2)12-14-24)28(34)21-33(26-17-15-25(30)16-18-26)38(36,37)27-9-7-6-8-10-27/h6-18,23H,4-5,19-21H2,1-3H3,(H,31,35)/t23-/m1/s1. The van der Waals surface area contributed by atoms with E-state index in [-0.39, 0.29) is 17.3 Å². The molecule has 7 nitrogen and oxygen atoms in total. The van der Waals surface area contributed by atoms with Crippen LogP contribution < -0.4 is 9.62 Å². The van der Waals surface area contributed by atoms with Crippen molar-refractivity contribution in [2.75, 3.05) is 17.4 Å². The van der Waals surface area contributed by atoms with E-state index in [9.17, 15) is 18.0 Å². The van der Waals surface area contributed by atoms with Crippen molar-refractivity contribution in [1.29, 1.82) is 0 Å². The van der Waals surface area contributed by atoms with Gasteiger partial charge in [0.2, 0.25) is 11.8 Å². The van der Waals surface area contributed by atoms with E-state index in [0.717, 1.165) is 32.7 Å². The first kappa shape index (κ1) is 29.4. The number of nitrogens with zero attached hydrogens (tertiary/aromatic N) is 2. The Kier molecular flexibility index (Phi) is 10.5. The number of hydrogen-bond donors (Lipinski definition) is 1. The summed E-state index contributed by atoms with van der Waals surface area (Å²) in [6, 6.07) is 21.6. The summed E-state index contributed by atoms with van der Waals surface area (Å²) in [5.74, 6) is -0.758. The van der Waals surface area contributed by atoms with Gasteiger partial charge in [0.15, 0.2) is 0 Å². The van der Waals surface area contributed by atoms with Gasteiger partial charge in [0.25, 0.3) is 10.0 Å². The molecule has 1 atom stereocenters. The van der Waals surface area contributed by atoms with E-state index in [1.165, 1.54) is 17.0 Å². The Balaban J connectivity index is 1.97. The zero-order valence-electron chi connectivity index (χ0n) is 21.9. The molecule has 0 aliphatic heterocycles. The summed E-state index contributed by atoms with van der Waals surface area (Å²) in [4.78, 5) is 28.3. The number of amides is 2. The van der Waals surface area contributed by atoms with Crippen molar-refractivity contribution in [2.45, 2.75) is 51.1 Å². The van der Waals surface area contributed by atoms with E-state index in [2.05, 4.69) is 21.2 Å². The van der Waals surface area contributed by atoms with Gasteiger partial charge in [-0.25, -0.2) is 8.42 Å². The van der Waals surface area contributed by atoms with Gasteiger partial charge in [0, 0.05) is 17.6 Å². The molecular weight excluding hydrogens is 566 g/mol. The lowest BCUT2D eigenvalue weighted by atomic mass is 10.1. The van der Waals surface area contributed by atoms with Crippen molar-refractivity contribution in [1.82, 2.24) is 10.2 Å². The van der Waals surface area contributed by atoms with Crippen molar-refractivity contribution in [2.24, 2.45) is 0 Å². The number of hydrogen-bond acceptors (Lipinski definition) is 4. The molecule has 0 heterocycles. The van der Waals surface area contributed by atoms with E-state index in [4.69, 9.17) is 0 Å². The van der Waals surface area contributed by atoms with Crippen LogP contribution in [0.5, 0.6) is 0 Å². The molecule has 0 saturated heterocycles. The number of carbonyl (C=O) groups is 2. The highest BCUT2D eigenvalue weighted by Gasteiger charge is 2.32. The summed E-state index contributed by atoms with van der Waals surface area (Å²) in [6.07, 6.45) is 1.76. The number of nitrogens with one attached hydrogen (secondary N) is 1. The molecule has 202 valence electrons. The maximum Gasteiger partial charge on any atom is 0.264 e. The Labute approximate surface area is 234 Å². The second-order valence-electron chi connectivity index (χ2n) is 9.13. The molecule has 3 aromatic carbocycles. The van der Waals surface area contributed by atoms with Gasteiger partial charge in [-0.05, 0) is 62.2 Å². The number of sulfonamides is 1. The number of carbonyl (C=O) groups excluding carboxylic acids is 2. The van der Waals surface area contributed by atoms with E-state index in [0.29, 0.717) is 12.2 Å². The molecule has 0 aliphatic carbocycles. The van der Waals surface area contributed by atoms with Gasteiger partial charge in [0.1, 0.15) is 12.6 Å². The molecule has 0 fully saturated rings. The van der Waals surface area contributed by atoms with E-state index < -0.39 is 28.5 Å². The highest BCUT2D eigenvalue weighted by molar-refractivity contribution is 9.10. The van der Waals surface area contributed by atoms with Crippen LogP contribution in [0, 0.1) is 6.92 Å². The second kappa shape index (κ2) is 13.6. The summed E-state index contributed by atoms with van der Waals surface area (Å²) < 4.78 is 29.3. The van der Waals surface area contributed by atoms with Crippen molar-refractivity contribution < 1.29 is 18.0 Å². The molecule has 1 N–H and O–H groups in total. The zero-order chi connectivity index (χ0) is 27.7. The van der Waals surface area contributed by atoms with Crippen molar-refractivity contribution in [3.63, 3.8) is 0 Å². The number of aryl methyl sites for hydroxylation is 1. The number of halogens is 1. The van der Waals surface area contributed by atoms with Crippen molar-refractivity contribution in [3.8, 4) is 0 Å². The summed E-state index contributed by atoms with van der Waals surface area (Å²) in [7, 11) is -4.07. The predicted octanol–water partition coefficient (Wildman–Crippen LogP) is 5.29. The minimum absolute atomic E-state index is 0.0751. The summed E-state index contributed by atoms with van der Waals surface area (Å²) in [5.41, 5.74) is 2.27. The first-order valence-electron chi connectivity index (χ1n) is 12.6. The summed E-state index contributed by atoms with van der Waals surface area (Å²) in [5, 5.41) is 2.89. The Morgan fingerprint density at radius 3 is 2.18 bits per heavy atom. The van der Waals surface area contributed by atoms with Gasteiger partial charge < -0.3 is 10.2 Å². The molecule has 3 aromatic rings. The van der Waals surface area contributed by atoms with Gasteiger partial charge in [-0.2, -0.15) is 0 Å². The number of benzene rings is 3. The quantitative estimate of drug-likeness (QED) is 0.287. The summed E-state index contributed by atoms with van der Waals surface area (Å²) in [6.45, 7) is 5.90. The smallest absolute Gasteiger partial charge is 0.264 e. The Morgan fingerprint density at radius 2 is 1.58 bits per heavy atom. The molecule has 0 aromatic heterocycles. The molecule has 3 rings (SSSR count). The van der Waals surface area contributed by atoms with E-state index in [1.807, 2.05) is 38.1 Å². The zero-order valence-corrected chi connectivity index (χ0v) is 24.3. The minimum atomic E-state index is -4.07. The lowest BCUT2D eigenvalue weighted by molar-refractivity contribution is -0.139. The molecule has 0 unspecified atom stereocenters. The maximum atomic E-state index is 13.8. The second-order valence-corrected chi connectivity index (χ2v) is 11.9. The Morgan fingerprint density at radius 1 is 0.947 bits per heavy atom. The Bertz CT molecular complexity index is 1310. The van der Waals surface area contributed by atoms with Crippen molar-refractivity contribution in [3.05, 3.63) is 94.5 Å². The third-order valence-electron chi connectivity index (χ3n) is 6.20. The summed E-state index contributed by atoms with van der Waals surface area (Å²) >= 11 is 3.38. The van der Waals surface area contributed by atoms with Crippen LogP contribution in [0.2, 0.25) is 0 Å².